The summed E-state index contributed by atoms with van der Waals surface area (Å²) in [5, 5.41) is 10.5. The van der Waals surface area contributed by atoms with Gasteiger partial charge < -0.3 is 0 Å². The van der Waals surface area contributed by atoms with Gasteiger partial charge in [0.05, 0.1) is 11.9 Å². The first-order chi connectivity index (χ1) is 6.83. The molecule has 1 heterocycles. The predicted molar refractivity (Wildman–Crippen MR) is 57.9 cm³/mol. The van der Waals surface area contributed by atoms with Crippen LogP contribution in [0.1, 0.15) is 25.0 Å². The molecule has 0 saturated carbocycles. The Labute approximate surface area is 84.0 Å². The van der Waals surface area contributed by atoms with Gasteiger partial charge in [-0.05, 0) is 13.3 Å². The summed E-state index contributed by atoms with van der Waals surface area (Å²) in [6.07, 6.45) is 2.78. The van der Waals surface area contributed by atoms with Gasteiger partial charge in [-0.15, -0.1) is 0 Å². The van der Waals surface area contributed by atoms with Gasteiger partial charge in [-0.3, -0.25) is 0 Å². The first-order valence-corrected chi connectivity index (χ1v) is 4.86. The average Bonchev–Trinajstić information content (AvgIpc) is 2.27. The SMILES string of the molecule is [CH2]C(CC)c1nncc2ccccc12. The third kappa shape index (κ3) is 1.48. The monoisotopic (exact) mass is 185 g/mol. The number of hydrogen-bond donors (Lipinski definition) is 0. The lowest BCUT2D eigenvalue weighted by atomic mass is 10.00. The van der Waals surface area contributed by atoms with Crippen LogP contribution in [0.5, 0.6) is 0 Å². The zero-order valence-corrected chi connectivity index (χ0v) is 8.27. The molecule has 1 aromatic carbocycles. The van der Waals surface area contributed by atoms with Gasteiger partial charge in [-0.25, -0.2) is 0 Å². The summed E-state index contributed by atoms with van der Waals surface area (Å²) in [4.78, 5) is 0. The second-order valence-corrected chi connectivity index (χ2v) is 3.42. The minimum absolute atomic E-state index is 0.230. The Balaban J connectivity index is 2.65. The molecule has 0 saturated heterocycles. The standard InChI is InChI=1S/C12H13N2/c1-3-9(2)12-11-7-5-4-6-10(11)8-13-14-12/h4-9H,2-3H2,1H3. The first-order valence-electron chi connectivity index (χ1n) is 4.86. The Morgan fingerprint density at radius 2 is 2.14 bits per heavy atom. The molecular formula is C12H13N2. The molecule has 0 aliphatic rings. The molecule has 1 radical (unpaired) electrons. The first kappa shape index (κ1) is 9.13. The summed E-state index contributed by atoms with van der Waals surface area (Å²) in [5.41, 5.74) is 1.01. The molecule has 0 bridgehead atoms. The highest BCUT2D eigenvalue weighted by atomic mass is 15.1. The maximum atomic E-state index is 4.17. The van der Waals surface area contributed by atoms with Crippen molar-refractivity contribution >= 4 is 10.8 Å². The van der Waals surface area contributed by atoms with Crippen molar-refractivity contribution in [3.05, 3.63) is 43.1 Å². The van der Waals surface area contributed by atoms with Gasteiger partial charge >= 0.3 is 0 Å². The summed E-state index contributed by atoms with van der Waals surface area (Å²) in [6, 6.07) is 8.16. The van der Waals surface area contributed by atoms with Crippen molar-refractivity contribution in [3.8, 4) is 0 Å². The van der Waals surface area contributed by atoms with Gasteiger partial charge in [0.25, 0.3) is 0 Å². The van der Waals surface area contributed by atoms with Crippen LogP contribution in [0, 0.1) is 6.92 Å². The van der Waals surface area contributed by atoms with Crippen LogP contribution in [0.4, 0.5) is 0 Å². The molecule has 2 nitrogen and oxygen atoms in total. The molecule has 14 heavy (non-hydrogen) atoms. The second-order valence-electron chi connectivity index (χ2n) is 3.42. The summed E-state index contributed by atoms with van der Waals surface area (Å²) < 4.78 is 0. The molecule has 1 atom stereocenters. The third-order valence-electron chi connectivity index (χ3n) is 2.48. The fraction of sp³-hybridized carbons (Fsp3) is 0.250. The molecule has 0 amide bonds. The topological polar surface area (TPSA) is 25.8 Å². The van der Waals surface area contributed by atoms with E-state index < -0.39 is 0 Å². The zero-order valence-electron chi connectivity index (χ0n) is 8.27. The van der Waals surface area contributed by atoms with Crippen LogP contribution < -0.4 is 0 Å². The van der Waals surface area contributed by atoms with Gasteiger partial charge in [0.1, 0.15) is 0 Å². The number of nitrogens with zero attached hydrogens (tertiary/aromatic N) is 2. The highest BCUT2D eigenvalue weighted by Gasteiger charge is 2.08. The van der Waals surface area contributed by atoms with Crippen LogP contribution in [0.2, 0.25) is 0 Å². The van der Waals surface area contributed by atoms with E-state index in [2.05, 4.69) is 36.2 Å². The Morgan fingerprint density at radius 3 is 2.93 bits per heavy atom. The maximum Gasteiger partial charge on any atom is 0.0740 e. The quantitative estimate of drug-likeness (QED) is 0.718. The Bertz CT molecular complexity index is 432. The number of benzene rings is 1. The van der Waals surface area contributed by atoms with Crippen LogP contribution >= 0.6 is 0 Å². The lowest BCUT2D eigenvalue weighted by molar-refractivity contribution is 0.757. The van der Waals surface area contributed by atoms with Crippen LogP contribution in [-0.2, 0) is 0 Å². The highest BCUT2D eigenvalue weighted by Crippen LogP contribution is 2.23. The van der Waals surface area contributed by atoms with E-state index in [1.54, 1.807) is 6.20 Å². The molecular weight excluding hydrogens is 172 g/mol. The highest BCUT2D eigenvalue weighted by molar-refractivity contribution is 5.83. The van der Waals surface area contributed by atoms with E-state index in [1.807, 2.05) is 12.1 Å². The summed E-state index contributed by atoms with van der Waals surface area (Å²) in [7, 11) is 0. The lowest BCUT2D eigenvalue weighted by Gasteiger charge is -2.09. The molecule has 1 unspecified atom stereocenters. The van der Waals surface area contributed by atoms with Crippen molar-refractivity contribution in [2.24, 2.45) is 0 Å². The number of rotatable bonds is 2. The minimum Gasteiger partial charge on any atom is -0.158 e. The van der Waals surface area contributed by atoms with Crippen molar-refractivity contribution in [2.45, 2.75) is 19.3 Å². The number of fused-ring (bicyclic) bond motifs is 1. The van der Waals surface area contributed by atoms with E-state index >= 15 is 0 Å². The number of hydrogen-bond acceptors (Lipinski definition) is 2. The normalized spacial score (nSPS) is 13.0. The molecule has 0 fully saturated rings. The van der Waals surface area contributed by atoms with E-state index in [9.17, 15) is 0 Å². The van der Waals surface area contributed by atoms with E-state index in [0.717, 1.165) is 17.5 Å². The second kappa shape index (κ2) is 3.74. The largest absolute Gasteiger partial charge is 0.158 e. The molecule has 0 N–H and O–H groups in total. The fourth-order valence-corrected chi connectivity index (χ4v) is 1.54. The number of aromatic nitrogens is 2. The van der Waals surface area contributed by atoms with Crippen molar-refractivity contribution in [3.63, 3.8) is 0 Å². The molecule has 0 aliphatic heterocycles. The molecule has 1 aromatic heterocycles. The Hall–Kier alpha value is -1.44. The third-order valence-corrected chi connectivity index (χ3v) is 2.48. The van der Waals surface area contributed by atoms with Crippen molar-refractivity contribution in [2.75, 3.05) is 0 Å². The predicted octanol–water partition coefficient (Wildman–Crippen LogP) is 2.96. The van der Waals surface area contributed by atoms with E-state index in [-0.39, 0.29) is 5.92 Å². The van der Waals surface area contributed by atoms with E-state index in [4.69, 9.17) is 0 Å². The lowest BCUT2D eigenvalue weighted by Crippen LogP contribution is -1.98. The smallest absolute Gasteiger partial charge is 0.0740 e. The van der Waals surface area contributed by atoms with E-state index in [1.165, 1.54) is 5.39 Å². The molecule has 0 spiro atoms. The molecule has 2 rings (SSSR count). The van der Waals surface area contributed by atoms with Gasteiger partial charge in [0.15, 0.2) is 0 Å². The Morgan fingerprint density at radius 1 is 1.36 bits per heavy atom. The fourth-order valence-electron chi connectivity index (χ4n) is 1.54. The maximum absolute atomic E-state index is 4.17. The van der Waals surface area contributed by atoms with Crippen LogP contribution in [0.3, 0.4) is 0 Å². The van der Waals surface area contributed by atoms with Crippen molar-refractivity contribution in [1.29, 1.82) is 0 Å². The van der Waals surface area contributed by atoms with Crippen LogP contribution in [-0.4, -0.2) is 10.2 Å². The van der Waals surface area contributed by atoms with Crippen molar-refractivity contribution < 1.29 is 0 Å². The summed E-state index contributed by atoms with van der Waals surface area (Å²) in [6.45, 7) is 6.19. The molecule has 2 aromatic rings. The summed E-state index contributed by atoms with van der Waals surface area (Å²) >= 11 is 0. The van der Waals surface area contributed by atoms with Crippen molar-refractivity contribution in [1.82, 2.24) is 10.2 Å². The zero-order chi connectivity index (χ0) is 9.97. The molecule has 71 valence electrons. The van der Waals surface area contributed by atoms with E-state index in [0.29, 0.717) is 0 Å². The summed E-state index contributed by atoms with van der Waals surface area (Å²) in [5.74, 6) is 0.230. The van der Waals surface area contributed by atoms with Gasteiger partial charge in [-0.2, -0.15) is 10.2 Å². The van der Waals surface area contributed by atoms with Crippen LogP contribution in [0.25, 0.3) is 10.8 Å². The molecule has 2 heteroatoms. The van der Waals surface area contributed by atoms with Gasteiger partial charge in [-0.1, -0.05) is 31.2 Å². The van der Waals surface area contributed by atoms with Crippen LogP contribution in [0.15, 0.2) is 30.5 Å². The average molecular weight is 185 g/mol. The van der Waals surface area contributed by atoms with Gasteiger partial charge in [0.2, 0.25) is 0 Å². The Kier molecular flexibility index (Phi) is 2.44. The minimum atomic E-state index is 0.230. The molecule has 0 aliphatic carbocycles. The van der Waals surface area contributed by atoms with Gasteiger partial charge in [0, 0.05) is 16.7 Å².